The van der Waals surface area contributed by atoms with Crippen LogP contribution in [-0.2, 0) is 22.6 Å². The number of rotatable bonds is 9. The highest BCUT2D eigenvalue weighted by molar-refractivity contribution is 8.00. The minimum absolute atomic E-state index is 0.221. The average molecular weight is 583 g/mol. The summed E-state index contributed by atoms with van der Waals surface area (Å²) in [6.45, 7) is 6.33. The van der Waals surface area contributed by atoms with Crippen molar-refractivity contribution < 1.29 is 14.7 Å². The molecule has 1 saturated heterocycles. The van der Waals surface area contributed by atoms with Crippen LogP contribution in [0.25, 0.3) is 0 Å². The molecule has 0 unspecified atom stereocenters. The predicted octanol–water partition coefficient (Wildman–Crippen LogP) is 4.06. The van der Waals surface area contributed by atoms with Gasteiger partial charge in [0.15, 0.2) is 11.2 Å². The van der Waals surface area contributed by atoms with Crippen LogP contribution in [0.15, 0.2) is 54.6 Å². The fourth-order valence-corrected chi connectivity index (χ4v) is 7.05. The maximum absolute atomic E-state index is 13.9. The Hall–Kier alpha value is -2.62. The number of aryl methyl sites for hydroxylation is 1. The first-order chi connectivity index (χ1) is 19.2. The number of aliphatic hydroxyl groups is 1. The standard InChI is InChI=1S/C31H42N4O3S2/c1-21-12-10-11-15-23(21)19-32-28(37)27-31(2,3)40-20-35(27)29(38)26(36)25(18-22-13-6-4-7-14-22)34-30(39)33-24-16-8-5-9-17-24/h4,6-7,10-15,24-27,36H,5,8-9,16-20H2,1-3H3,(H,32,37)(H2,33,34,39)/t25-,26-,27+/m0/s1. The van der Waals surface area contributed by atoms with Gasteiger partial charge in [-0.2, -0.15) is 0 Å². The molecule has 3 atom stereocenters. The Labute approximate surface area is 247 Å². The molecule has 2 fully saturated rings. The number of carbonyl (C=O) groups excluding carboxylic acids is 2. The third-order valence-corrected chi connectivity index (χ3v) is 9.59. The Bertz CT molecular complexity index is 1170. The first-order valence-electron chi connectivity index (χ1n) is 14.2. The smallest absolute Gasteiger partial charge is 0.254 e. The van der Waals surface area contributed by atoms with Gasteiger partial charge in [0.2, 0.25) is 5.91 Å². The highest BCUT2D eigenvalue weighted by Gasteiger charge is 2.49. The van der Waals surface area contributed by atoms with Gasteiger partial charge in [-0.3, -0.25) is 9.59 Å². The van der Waals surface area contributed by atoms with Crippen molar-refractivity contribution in [3.8, 4) is 0 Å². The minimum atomic E-state index is -1.38. The van der Waals surface area contributed by atoms with Crippen LogP contribution in [0.3, 0.4) is 0 Å². The lowest BCUT2D eigenvalue weighted by atomic mass is 9.95. The number of amides is 2. The van der Waals surface area contributed by atoms with Crippen molar-refractivity contribution in [2.45, 2.75) is 94.8 Å². The van der Waals surface area contributed by atoms with Crippen molar-refractivity contribution in [2.24, 2.45) is 0 Å². The molecule has 1 heterocycles. The van der Waals surface area contributed by atoms with Gasteiger partial charge in [0.05, 0.1) is 11.9 Å². The van der Waals surface area contributed by atoms with E-state index in [4.69, 9.17) is 12.2 Å². The van der Waals surface area contributed by atoms with Gasteiger partial charge in [-0.05, 0) is 68.9 Å². The lowest BCUT2D eigenvalue weighted by Gasteiger charge is -2.34. The topological polar surface area (TPSA) is 93.7 Å². The zero-order valence-corrected chi connectivity index (χ0v) is 25.3. The van der Waals surface area contributed by atoms with Gasteiger partial charge < -0.3 is 26.0 Å². The molecule has 0 aromatic heterocycles. The summed E-state index contributed by atoms with van der Waals surface area (Å²) in [6.07, 6.45) is 4.74. The molecule has 4 rings (SSSR count). The maximum Gasteiger partial charge on any atom is 0.254 e. The average Bonchev–Trinajstić information content (AvgIpc) is 3.27. The first-order valence-corrected chi connectivity index (χ1v) is 15.6. The molecule has 0 spiro atoms. The van der Waals surface area contributed by atoms with Crippen LogP contribution in [0.2, 0.25) is 0 Å². The van der Waals surface area contributed by atoms with E-state index < -0.39 is 28.8 Å². The lowest BCUT2D eigenvalue weighted by molar-refractivity contribution is -0.147. The lowest BCUT2D eigenvalue weighted by Crippen LogP contribution is -2.59. The van der Waals surface area contributed by atoms with E-state index in [9.17, 15) is 14.7 Å². The number of hydrogen-bond donors (Lipinski definition) is 4. The van der Waals surface area contributed by atoms with E-state index in [0.29, 0.717) is 30.0 Å². The van der Waals surface area contributed by atoms with Crippen molar-refractivity contribution in [3.63, 3.8) is 0 Å². The quantitative estimate of drug-likeness (QED) is 0.332. The Morgan fingerprint density at radius 2 is 1.75 bits per heavy atom. The molecule has 1 saturated carbocycles. The Balaban J connectivity index is 1.48. The van der Waals surface area contributed by atoms with E-state index in [1.54, 1.807) is 11.8 Å². The van der Waals surface area contributed by atoms with Gasteiger partial charge in [-0.25, -0.2) is 0 Å². The summed E-state index contributed by atoms with van der Waals surface area (Å²) in [5.41, 5.74) is 3.11. The summed E-state index contributed by atoms with van der Waals surface area (Å²) in [6, 6.07) is 16.6. The van der Waals surface area contributed by atoms with Crippen molar-refractivity contribution in [1.29, 1.82) is 0 Å². The van der Waals surface area contributed by atoms with Crippen LogP contribution < -0.4 is 16.0 Å². The van der Waals surface area contributed by atoms with Crippen molar-refractivity contribution >= 4 is 40.9 Å². The zero-order chi connectivity index (χ0) is 28.7. The third-order valence-electron chi connectivity index (χ3n) is 7.98. The van der Waals surface area contributed by atoms with Crippen LogP contribution in [0, 0.1) is 6.92 Å². The molecular formula is C31H42N4O3S2. The van der Waals surface area contributed by atoms with Crippen LogP contribution in [0.5, 0.6) is 0 Å². The van der Waals surface area contributed by atoms with E-state index in [2.05, 4.69) is 16.0 Å². The number of thiocarbonyl (C=S) groups is 1. The molecule has 2 aromatic rings. The van der Waals surface area contributed by atoms with Gasteiger partial charge in [0, 0.05) is 17.3 Å². The monoisotopic (exact) mass is 582 g/mol. The van der Waals surface area contributed by atoms with Crippen molar-refractivity contribution in [3.05, 3.63) is 71.3 Å². The van der Waals surface area contributed by atoms with E-state index in [1.165, 1.54) is 24.2 Å². The molecule has 0 radical (unpaired) electrons. The summed E-state index contributed by atoms with van der Waals surface area (Å²) < 4.78 is -0.509. The molecule has 2 aromatic carbocycles. The number of nitrogens with zero attached hydrogens (tertiary/aromatic N) is 1. The Morgan fingerprint density at radius 3 is 2.45 bits per heavy atom. The number of hydrogen-bond acceptors (Lipinski definition) is 5. The maximum atomic E-state index is 13.9. The third kappa shape index (κ3) is 7.77. The van der Waals surface area contributed by atoms with Gasteiger partial charge in [-0.15, -0.1) is 11.8 Å². The Morgan fingerprint density at radius 1 is 1.07 bits per heavy atom. The fourth-order valence-electron chi connectivity index (χ4n) is 5.59. The van der Waals surface area contributed by atoms with E-state index >= 15 is 0 Å². The van der Waals surface area contributed by atoms with E-state index in [-0.39, 0.29) is 5.91 Å². The summed E-state index contributed by atoms with van der Waals surface area (Å²) in [5.74, 6) is -0.363. The largest absolute Gasteiger partial charge is 0.381 e. The minimum Gasteiger partial charge on any atom is -0.381 e. The number of carbonyl (C=O) groups is 2. The number of nitrogens with one attached hydrogen (secondary N) is 3. The molecule has 4 N–H and O–H groups in total. The highest BCUT2D eigenvalue weighted by Crippen LogP contribution is 2.40. The van der Waals surface area contributed by atoms with Crippen molar-refractivity contribution in [2.75, 3.05) is 5.88 Å². The number of aliphatic hydroxyl groups excluding tert-OH is 1. The highest BCUT2D eigenvalue weighted by atomic mass is 32.2. The van der Waals surface area contributed by atoms with Crippen LogP contribution >= 0.6 is 24.0 Å². The SMILES string of the molecule is Cc1ccccc1CNC(=O)[C@H]1N(C(=O)[C@@H](O)[C@H](Cc2ccccc2)NC(=S)NC2CCCCC2)CSC1(C)C. The molecule has 2 amide bonds. The second-order valence-electron chi connectivity index (χ2n) is 11.4. The molecule has 1 aliphatic carbocycles. The van der Waals surface area contributed by atoms with Crippen LogP contribution in [0.1, 0.15) is 62.6 Å². The van der Waals surface area contributed by atoms with E-state index in [0.717, 1.165) is 29.5 Å². The van der Waals surface area contributed by atoms with Gasteiger partial charge in [0.1, 0.15) is 6.04 Å². The zero-order valence-electron chi connectivity index (χ0n) is 23.7. The number of benzene rings is 2. The van der Waals surface area contributed by atoms with Crippen LogP contribution in [0.4, 0.5) is 0 Å². The molecule has 9 heteroatoms. The summed E-state index contributed by atoms with van der Waals surface area (Å²) in [5, 5.41) is 21.6. The first kappa shape index (κ1) is 30.3. The van der Waals surface area contributed by atoms with Crippen LogP contribution in [-0.4, -0.2) is 61.8 Å². The molecule has 0 bridgehead atoms. The summed E-state index contributed by atoms with van der Waals surface area (Å²) in [7, 11) is 0. The van der Waals surface area contributed by atoms with Crippen molar-refractivity contribution in [1.82, 2.24) is 20.9 Å². The number of thioether (sulfide) groups is 1. The molecular weight excluding hydrogens is 541 g/mol. The normalized spacial score (nSPS) is 20.4. The van der Waals surface area contributed by atoms with Gasteiger partial charge >= 0.3 is 0 Å². The van der Waals surface area contributed by atoms with E-state index in [1.807, 2.05) is 75.4 Å². The predicted molar refractivity (Wildman–Crippen MR) is 166 cm³/mol. The second kappa shape index (κ2) is 13.8. The molecule has 216 valence electrons. The molecule has 1 aliphatic heterocycles. The Kier molecular flexibility index (Phi) is 10.5. The van der Waals surface area contributed by atoms with Gasteiger partial charge in [-0.1, -0.05) is 73.9 Å². The molecule has 2 aliphatic rings. The van der Waals surface area contributed by atoms with Gasteiger partial charge in [0.25, 0.3) is 5.91 Å². The summed E-state index contributed by atoms with van der Waals surface area (Å²) >= 11 is 7.18. The second-order valence-corrected chi connectivity index (χ2v) is 13.4. The molecule has 40 heavy (non-hydrogen) atoms. The summed E-state index contributed by atoms with van der Waals surface area (Å²) in [4.78, 5) is 28.9. The molecule has 7 nitrogen and oxygen atoms in total. The fraction of sp³-hybridized carbons (Fsp3) is 0.516.